The fraction of sp³-hybridized carbons (Fsp3) is 0.111. The number of nitrogens with zero attached hydrogens (tertiary/aromatic N) is 3. The Balaban J connectivity index is 1.54. The van der Waals surface area contributed by atoms with Crippen molar-refractivity contribution in [3.63, 3.8) is 0 Å². The summed E-state index contributed by atoms with van der Waals surface area (Å²) in [6, 6.07) is 9.52. The smallest absolute Gasteiger partial charge is 0.271 e. The number of carbonyl (C=O) groups is 1. The molecule has 0 aliphatic heterocycles. The van der Waals surface area contributed by atoms with E-state index in [9.17, 15) is 14.0 Å². The number of hydrogen-bond acceptors (Lipinski definition) is 5. The van der Waals surface area contributed by atoms with Gasteiger partial charge >= 0.3 is 0 Å². The molecular formula is C18H13FN4O2S. The van der Waals surface area contributed by atoms with Gasteiger partial charge in [0.2, 0.25) is 5.91 Å². The van der Waals surface area contributed by atoms with Gasteiger partial charge < -0.3 is 5.32 Å². The van der Waals surface area contributed by atoms with Gasteiger partial charge in [-0.25, -0.2) is 14.4 Å². The molecule has 0 fully saturated rings. The number of pyridine rings is 1. The number of thiophene rings is 1. The minimum atomic E-state index is -0.330. The Labute approximate surface area is 150 Å². The first kappa shape index (κ1) is 16.3. The highest BCUT2D eigenvalue weighted by atomic mass is 32.1. The van der Waals surface area contributed by atoms with Crippen LogP contribution in [0.3, 0.4) is 0 Å². The van der Waals surface area contributed by atoms with Crippen LogP contribution < -0.4 is 10.9 Å². The number of carbonyl (C=O) groups excluding carboxylic acids is 1. The van der Waals surface area contributed by atoms with E-state index in [4.69, 9.17) is 0 Å². The maximum atomic E-state index is 12.9. The lowest BCUT2D eigenvalue weighted by molar-refractivity contribution is -0.121. The van der Waals surface area contributed by atoms with Crippen molar-refractivity contribution < 1.29 is 9.18 Å². The Morgan fingerprint density at radius 2 is 2.00 bits per heavy atom. The van der Waals surface area contributed by atoms with E-state index in [2.05, 4.69) is 15.3 Å². The summed E-state index contributed by atoms with van der Waals surface area (Å²) in [5, 5.41) is 3.54. The fourth-order valence-corrected chi connectivity index (χ4v) is 3.67. The zero-order valence-corrected chi connectivity index (χ0v) is 14.3. The second-order valence-electron chi connectivity index (χ2n) is 5.72. The van der Waals surface area contributed by atoms with Gasteiger partial charge in [-0.2, -0.15) is 0 Å². The van der Waals surface area contributed by atoms with Crippen molar-refractivity contribution in [1.29, 1.82) is 0 Å². The zero-order chi connectivity index (χ0) is 18.1. The molecule has 3 aromatic heterocycles. The lowest BCUT2D eigenvalue weighted by Gasteiger charge is -2.07. The molecule has 0 radical (unpaired) electrons. The number of halogens is 1. The molecule has 4 rings (SSSR count). The number of amides is 1. The molecule has 0 saturated carbocycles. The average Bonchev–Trinajstić information content (AvgIpc) is 3.03. The second kappa shape index (κ2) is 6.64. The van der Waals surface area contributed by atoms with Crippen molar-refractivity contribution >= 4 is 37.7 Å². The van der Waals surface area contributed by atoms with E-state index < -0.39 is 0 Å². The molecule has 1 amide bonds. The van der Waals surface area contributed by atoms with Crippen LogP contribution in [0.2, 0.25) is 0 Å². The van der Waals surface area contributed by atoms with Crippen LogP contribution in [0.25, 0.3) is 20.4 Å². The topological polar surface area (TPSA) is 76.9 Å². The van der Waals surface area contributed by atoms with Crippen LogP contribution in [0.15, 0.2) is 53.7 Å². The standard InChI is InChI=1S/C18H13FN4O2S/c19-12-5-3-11(4-6-12)8-21-14(24)9-23-10-22-15-13-2-1-7-20-17(13)26-16(15)18(23)25/h1-7,10H,8-9H2,(H,21,24). The van der Waals surface area contributed by atoms with E-state index in [1.165, 1.54) is 34.4 Å². The number of aromatic nitrogens is 3. The Morgan fingerprint density at radius 3 is 2.81 bits per heavy atom. The molecule has 0 bridgehead atoms. The quantitative estimate of drug-likeness (QED) is 0.600. The third-order valence-corrected chi connectivity index (χ3v) is 5.03. The molecule has 6 nitrogen and oxygen atoms in total. The second-order valence-corrected chi connectivity index (χ2v) is 6.72. The van der Waals surface area contributed by atoms with Crippen molar-refractivity contribution in [3.8, 4) is 0 Å². The molecule has 0 atom stereocenters. The number of nitrogens with one attached hydrogen (secondary N) is 1. The molecule has 0 unspecified atom stereocenters. The first-order valence-electron chi connectivity index (χ1n) is 7.85. The van der Waals surface area contributed by atoms with Crippen LogP contribution in [0, 0.1) is 5.82 Å². The van der Waals surface area contributed by atoms with E-state index in [1.54, 1.807) is 24.4 Å². The van der Waals surface area contributed by atoms with Gasteiger partial charge in [0.1, 0.15) is 21.9 Å². The van der Waals surface area contributed by atoms with Gasteiger partial charge in [-0.3, -0.25) is 14.2 Å². The molecule has 8 heteroatoms. The number of benzene rings is 1. The molecule has 26 heavy (non-hydrogen) atoms. The van der Waals surface area contributed by atoms with Gasteiger partial charge in [0.15, 0.2) is 0 Å². The molecule has 4 aromatic rings. The van der Waals surface area contributed by atoms with Crippen LogP contribution in [0.4, 0.5) is 4.39 Å². The summed E-state index contributed by atoms with van der Waals surface area (Å²) >= 11 is 1.27. The van der Waals surface area contributed by atoms with Crippen molar-refractivity contribution in [1.82, 2.24) is 19.9 Å². The van der Waals surface area contributed by atoms with Crippen LogP contribution in [-0.4, -0.2) is 20.4 Å². The van der Waals surface area contributed by atoms with Crippen LogP contribution in [0.1, 0.15) is 5.56 Å². The average molecular weight is 368 g/mol. The lowest BCUT2D eigenvalue weighted by Crippen LogP contribution is -2.31. The largest absolute Gasteiger partial charge is 0.350 e. The van der Waals surface area contributed by atoms with Crippen LogP contribution >= 0.6 is 11.3 Å². The van der Waals surface area contributed by atoms with Crippen LogP contribution in [-0.2, 0) is 17.9 Å². The Morgan fingerprint density at radius 1 is 1.19 bits per heavy atom. The molecule has 0 spiro atoms. The Bertz CT molecular complexity index is 1170. The van der Waals surface area contributed by atoms with Crippen molar-refractivity contribution in [2.75, 3.05) is 0 Å². The number of rotatable bonds is 4. The SMILES string of the molecule is O=C(Cn1cnc2c(sc3ncccc32)c1=O)NCc1ccc(F)cc1. The zero-order valence-electron chi connectivity index (χ0n) is 13.5. The van der Waals surface area contributed by atoms with E-state index >= 15 is 0 Å². The first-order valence-corrected chi connectivity index (χ1v) is 8.67. The van der Waals surface area contributed by atoms with E-state index in [1.807, 2.05) is 6.07 Å². The van der Waals surface area contributed by atoms with Crippen molar-refractivity contribution in [3.05, 3.63) is 70.7 Å². The van der Waals surface area contributed by atoms with Gasteiger partial charge in [0.05, 0.1) is 11.8 Å². The van der Waals surface area contributed by atoms with Crippen molar-refractivity contribution in [2.24, 2.45) is 0 Å². The molecule has 130 valence electrons. The molecule has 1 N–H and O–H groups in total. The fourth-order valence-electron chi connectivity index (χ4n) is 2.63. The van der Waals surface area contributed by atoms with Gasteiger partial charge in [0.25, 0.3) is 5.56 Å². The normalized spacial score (nSPS) is 11.1. The van der Waals surface area contributed by atoms with Gasteiger partial charge in [-0.05, 0) is 29.8 Å². The summed E-state index contributed by atoms with van der Waals surface area (Å²) in [5.41, 5.74) is 1.11. The van der Waals surface area contributed by atoms with E-state index in [0.717, 1.165) is 15.8 Å². The molecular weight excluding hydrogens is 355 g/mol. The molecule has 0 saturated heterocycles. The predicted molar refractivity (Wildman–Crippen MR) is 97.4 cm³/mol. The molecule has 3 heterocycles. The summed E-state index contributed by atoms with van der Waals surface area (Å²) in [4.78, 5) is 34.1. The molecule has 0 aliphatic carbocycles. The summed E-state index contributed by atoms with van der Waals surface area (Å²) in [5.74, 6) is -0.652. The van der Waals surface area contributed by atoms with E-state index in [0.29, 0.717) is 10.2 Å². The van der Waals surface area contributed by atoms with E-state index in [-0.39, 0.29) is 30.4 Å². The minimum absolute atomic E-state index is 0.134. The monoisotopic (exact) mass is 368 g/mol. The summed E-state index contributed by atoms with van der Waals surface area (Å²) < 4.78 is 14.6. The highest BCUT2D eigenvalue weighted by Crippen LogP contribution is 2.27. The van der Waals surface area contributed by atoms with Gasteiger partial charge in [0, 0.05) is 18.1 Å². The first-order chi connectivity index (χ1) is 12.6. The lowest BCUT2D eigenvalue weighted by atomic mass is 10.2. The molecule has 1 aromatic carbocycles. The minimum Gasteiger partial charge on any atom is -0.350 e. The number of fused-ring (bicyclic) bond motifs is 3. The third-order valence-electron chi connectivity index (χ3n) is 3.94. The predicted octanol–water partition coefficient (Wildman–Crippen LogP) is 2.46. The van der Waals surface area contributed by atoms with Gasteiger partial charge in [-0.15, -0.1) is 11.3 Å². The Kier molecular flexibility index (Phi) is 4.18. The highest BCUT2D eigenvalue weighted by Gasteiger charge is 2.13. The summed E-state index contributed by atoms with van der Waals surface area (Å²) in [7, 11) is 0. The highest BCUT2D eigenvalue weighted by molar-refractivity contribution is 7.25. The van der Waals surface area contributed by atoms with Crippen LogP contribution in [0.5, 0.6) is 0 Å². The molecule has 0 aliphatic rings. The number of hydrogen-bond donors (Lipinski definition) is 1. The van der Waals surface area contributed by atoms with Crippen molar-refractivity contribution in [2.45, 2.75) is 13.1 Å². The third kappa shape index (κ3) is 3.06. The summed E-state index contributed by atoms with van der Waals surface area (Å²) in [6.45, 7) is 0.126. The summed E-state index contributed by atoms with van der Waals surface area (Å²) in [6.07, 6.45) is 3.04. The Hall–Kier alpha value is -3.13. The maximum absolute atomic E-state index is 12.9. The van der Waals surface area contributed by atoms with Gasteiger partial charge in [-0.1, -0.05) is 12.1 Å². The maximum Gasteiger partial charge on any atom is 0.271 e.